The molecule has 0 aromatic heterocycles. The summed E-state index contributed by atoms with van der Waals surface area (Å²) in [6, 6.07) is 0. The van der Waals surface area contributed by atoms with Crippen LogP contribution in [-0.2, 0) is 9.59 Å². The van der Waals surface area contributed by atoms with E-state index < -0.39 is 0 Å². The highest BCUT2D eigenvalue weighted by molar-refractivity contribution is 5.80. The maximum atomic E-state index is 12.2. The number of amides is 2. The lowest BCUT2D eigenvalue weighted by Crippen LogP contribution is -2.47. The number of hydrogen-bond donors (Lipinski definition) is 2. The van der Waals surface area contributed by atoms with Crippen molar-refractivity contribution in [1.29, 1.82) is 0 Å². The third kappa shape index (κ3) is 3.93. The van der Waals surface area contributed by atoms with E-state index in [0.717, 1.165) is 18.4 Å². The van der Waals surface area contributed by atoms with Crippen molar-refractivity contribution >= 4 is 11.8 Å². The van der Waals surface area contributed by atoms with E-state index in [4.69, 9.17) is 5.84 Å². The van der Waals surface area contributed by atoms with Crippen LogP contribution in [0.25, 0.3) is 0 Å². The molecule has 0 spiro atoms. The fourth-order valence-corrected chi connectivity index (χ4v) is 2.96. The molecule has 2 rings (SSSR count). The second-order valence-corrected chi connectivity index (χ2v) is 6.33. The molecule has 1 aliphatic heterocycles. The van der Waals surface area contributed by atoms with Crippen molar-refractivity contribution in [3.63, 3.8) is 0 Å². The zero-order valence-corrected chi connectivity index (χ0v) is 12.5. The third-order valence-electron chi connectivity index (χ3n) is 4.59. The number of carbonyl (C=O) groups is 2. The van der Waals surface area contributed by atoms with Crippen LogP contribution >= 0.6 is 0 Å². The van der Waals surface area contributed by atoms with E-state index in [1.54, 1.807) is 0 Å². The molecule has 2 atom stereocenters. The standard InChI is InChI=1S/C14H26N4O2/c1-10-7-12(10)8-17(2)9-13(19)18-5-3-11(4-6-18)14(20)16-15/h10-12H,3-9,15H2,1-2H3,(H,16,20). The Morgan fingerprint density at radius 1 is 1.35 bits per heavy atom. The maximum absolute atomic E-state index is 12.2. The van der Waals surface area contributed by atoms with Gasteiger partial charge in [0.2, 0.25) is 11.8 Å². The Balaban J connectivity index is 1.70. The molecule has 1 heterocycles. The summed E-state index contributed by atoms with van der Waals surface area (Å²) >= 11 is 0. The van der Waals surface area contributed by atoms with Crippen LogP contribution in [0.15, 0.2) is 0 Å². The van der Waals surface area contributed by atoms with Gasteiger partial charge in [-0.1, -0.05) is 6.92 Å². The smallest absolute Gasteiger partial charge is 0.237 e. The number of nitrogens with zero attached hydrogens (tertiary/aromatic N) is 2. The van der Waals surface area contributed by atoms with E-state index in [1.807, 2.05) is 11.9 Å². The molecule has 2 amide bonds. The fourth-order valence-electron chi connectivity index (χ4n) is 2.96. The van der Waals surface area contributed by atoms with Crippen molar-refractivity contribution in [3.8, 4) is 0 Å². The van der Waals surface area contributed by atoms with Crippen molar-refractivity contribution in [2.24, 2.45) is 23.6 Å². The van der Waals surface area contributed by atoms with E-state index in [2.05, 4.69) is 17.2 Å². The normalized spacial score (nSPS) is 26.7. The number of hydrogen-bond acceptors (Lipinski definition) is 4. The largest absolute Gasteiger partial charge is 0.342 e. The van der Waals surface area contributed by atoms with Gasteiger partial charge in [-0.3, -0.25) is 19.9 Å². The molecule has 0 radical (unpaired) electrons. The third-order valence-corrected chi connectivity index (χ3v) is 4.59. The van der Waals surface area contributed by atoms with E-state index in [1.165, 1.54) is 6.42 Å². The molecule has 1 aliphatic carbocycles. The Kier molecular flexibility index (Phi) is 4.99. The number of nitrogens with two attached hydrogens (primary N) is 1. The topological polar surface area (TPSA) is 78.7 Å². The van der Waals surface area contributed by atoms with Crippen LogP contribution in [0.5, 0.6) is 0 Å². The number of piperidine rings is 1. The van der Waals surface area contributed by atoms with Gasteiger partial charge in [0, 0.05) is 25.6 Å². The quantitative estimate of drug-likeness (QED) is 0.416. The summed E-state index contributed by atoms with van der Waals surface area (Å²) in [4.78, 5) is 27.6. The average Bonchev–Trinajstić information content (AvgIpc) is 3.13. The molecule has 114 valence electrons. The van der Waals surface area contributed by atoms with Crippen LogP contribution in [0.4, 0.5) is 0 Å². The number of likely N-dealkylation sites (tertiary alicyclic amines) is 1. The van der Waals surface area contributed by atoms with E-state index in [9.17, 15) is 9.59 Å². The summed E-state index contributed by atoms with van der Waals surface area (Å²) in [6.45, 7) is 5.07. The van der Waals surface area contributed by atoms with Gasteiger partial charge in [0.25, 0.3) is 0 Å². The molecule has 0 aromatic carbocycles. The summed E-state index contributed by atoms with van der Waals surface area (Å²) in [5.74, 6) is 6.74. The highest BCUT2D eigenvalue weighted by atomic mass is 16.2. The Bertz CT molecular complexity index is 366. The lowest BCUT2D eigenvalue weighted by molar-refractivity contribution is -0.136. The molecule has 1 saturated heterocycles. The molecule has 0 bridgehead atoms. The average molecular weight is 282 g/mol. The van der Waals surface area contributed by atoms with Crippen LogP contribution in [0.2, 0.25) is 0 Å². The van der Waals surface area contributed by atoms with Gasteiger partial charge >= 0.3 is 0 Å². The molecule has 2 aliphatic rings. The van der Waals surface area contributed by atoms with E-state index in [0.29, 0.717) is 32.5 Å². The van der Waals surface area contributed by atoms with Gasteiger partial charge in [-0.05, 0) is 38.1 Å². The molecule has 6 nitrogen and oxygen atoms in total. The number of likely N-dealkylation sites (N-methyl/N-ethyl adjacent to an activating group) is 1. The van der Waals surface area contributed by atoms with Crippen molar-refractivity contribution in [3.05, 3.63) is 0 Å². The van der Waals surface area contributed by atoms with Crippen molar-refractivity contribution in [1.82, 2.24) is 15.2 Å². The Morgan fingerprint density at radius 2 is 1.95 bits per heavy atom. The summed E-state index contributed by atoms with van der Waals surface area (Å²) in [5, 5.41) is 0. The number of rotatable bonds is 5. The molecular formula is C14H26N4O2. The van der Waals surface area contributed by atoms with Crippen molar-refractivity contribution in [2.45, 2.75) is 26.2 Å². The summed E-state index contributed by atoms with van der Waals surface area (Å²) in [7, 11) is 2.01. The molecule has 0 aromatic rings. The van der Waals surface area contributed by atoms with Gasteiger partial charge in [-0.15, -0.1) is 0 Å². The second kappa shape index (κ2) is 6.54. The first-order valence-electron chi connectivity index (χ1n) is 7.48. The fraction of sp³-hybridized carbons (Fsp3) is 0.857. The second-order valence-electron chi connectivity index (χ2n) is 6.33. The van der Waals surface area contributed by atoms with Crippen LogP contribution in [-0.4, -0.2) is 54.8 Å². The van der Waals surface area contributed by atoms with Gasteiger partial charge < -0.3 is 4.90 Å². The van der Waals surface area contributed by atoms with Gasteiger partial charge in [-0.2, -0.15) is 0 Å². The van der Waals surface area contributed by atoms with E-state index in [-0.39, 0.29) is 17.7 Å². The lowest BCUT2D eigenvalue weighted by atomic mass is 9.96. The summed E-state index contributed by atoms with van der Waals surface area (Å²) < 4.78 is 0. The SMILES string of the molecule is CC1CC1CN(C)CC(=O)N1CCC(C(=O)NN)CC1. The van der Waals surface area contributed by atoms with Gasteiger partial charge in [0.1, 0.15) is 0 Å². The van der Waals surface area contributed by atoms with Crippen molar-refractivity contribution in [2.75, 3.05) is 33.2 Å². The Morgan fingerprint density at radius 3 is 2.45 bits per heavy atom. The monoisotopic (exact) mass is 282 g/mol. The summed E-state index contributed by atoms with van der Waals surface area (Å²) in [6.07, 6.45) is 2.70. The first-order chi connectivity index (χ1) is 9.51. The minimum Gasteiger partial charge on any atom is -0.342 e. The predicted octanol–water partition coefficient (Wildman–Crippen LogP) is -0.197. The first-order valence-corrected chi connectivity index (χ1v) is 7.48. The Labute approximate surface area is 120 Å². The van der Waals surface area contributed by atoms with Crippen LogP contribution in [0.1, 0.15) is 26.2 Å². The zero-order valence-electron chi connectivity index (χ0n) is 12.5. The Hall–Kier alpha value is -1.14. The molecule has 1 saturated carbocycles. The highest BCUT2D eigenvalue weighted by Gasteiger charge is 2.34. The minimum absolute atomic E-state index is 0.0471. The van der Waals surface area contributed by atoms with Crippen LogP contribution < -0.4 is 11.3 Å². The molecule has 3 N–H and O–H groups in total. The maximum Gasteiger partial charge on any atom is 0.237 e. The molecule has 20 heavy (non-hydrogen) atoms. The van der Waals surface area contributed by atoms with Gasteiger partial charge in [-0.25, -0.2) is 5.84 Å². The van der Waals surface area contributed by atoms with Gasteiger partial charge in [0.15, 0.2) is 0 Å². The van der Waals surface area contributed by atoms with Crippen molar-refractivity contribution < 1.29 is 9.59 Å². The van der Waals surface area contributed by atoms with E-state index >= 15 is 0 Å². The van der Waals surface area contributed by atoms with Crippen LogP contribution in [0.3, 0.4) is 0 Å². The molecule has 6 heteroatoms. The highest BCUT2D eigenvalue weighted by Crippen LogP contribution is 2.37. The van der Waals surface area contributed by atoms with Crippen LogP contribution in [0, 0.1) is 17.8 Å². The number of nitrogens with one attached hydrogen (secondary N) is 1. The number of carbonyl (C=O) groups excluding carboxylic acids is 2. The molecule has 2 unspecified atom stereocenters. The number of hydrazine groups is 1. The predicted molar refractivity (Wildman–Crippen MR) is 76.4 cm³/mol. The summed E-state index contributed by atoms with van der Waals surface area (Å²) in [5.41, 5.74) is 2.19. The zero-order chi connectivity index (χ0) is 14.7. The molecule has 2 fully saturated rings. The first kappa shape index (κ1) is 15.3. The lowest BCUT2D eigenvalue weighted by Gasteiger charge is -2.32. The minimum atomic E-state index is -0.114. The molecular weight excluding hydrogens is 256 g/mol. The van der Waals surface area contributed by atoms with Gasteiger partial charge in [0.05, 0.1) is 6.54 Å².